The fourth-order valence-corrected chi connectivity index (χ4v) is 0. The molecule has 17 heavy (non-hydrogen) atoms. The predicted octanol–water partition coefficient (Wildman–Crippen LogP) is -7.85. The molecule has 0 atom stereocenters. The van der Waals surface area contributed by atoms with Gasteiger partial charge in [-0.3, -0.25) is 0 Å². The third-order valence-corrected chi connectivity index (χ3v) is 0. The van der Waals surface area contributed by atoms with E-state index >= 15 is 0 Å². The molecule has 0 radical (unpaired) electrons. The Hall–Kier alpha value is 3.01. The number of hydrogen-bond donors (Lipinski definition) is 0. The summed E-state index contributed by atoms with van der Waals surface area (Å²) >= 11 is -18.5. The van der Waals surface area contributed by atoms with Crippen LogP contribution in [0.15, 0.2) is 0 Å². The molecule has 0 spiro atoms. The molecule has 0 saturated heterocycles. The third-order valence-electron chi connectivity index (χ3n) is 0. The van der Waals surface area contributed by atoms with Gasteiger partial charge in [-0.15, -0.1) is 0 Å². The Morgan fingerprint density at radius 3 is 0.412 bits per heavy atom. The minimum atomic E-state index is -6.17. The van der Waals surface area contributed by atoms with Crippen molar-refractivity contribution in [3.8, 4) is 0 Å². The second-order valence-electron chi connectivity index (χ2n) is 1.22. The Morgan fingerprint density at radius 1 is 0.412 bits per heavy atom. The van der Waals surface area contributed by atoms with Crippen molar-refractivity contribution in [3.05, 3.63) is 0 Å². The maximum absolute atomic E-state index is 8.65. The average molecular weight is 1020 g/mol. The van der Waals surface area contributed by atoms with Crippen LogP contribution >= 0.6 is 0 Å². The minimum absolute atomic E-state index is 0. The van der Waals surface area contributed by atoms with Crippen LogP contribution in [0.25, 0.3) is 0 Å². The van der Waals surface area contributed by atoms with Gasteiger partial charge in [0.1, 0.15) is 0 Å². The second-order valence-corrected chi connectivity index (χ2v) is 10.0. The summed E-state index contributed by atoms with van der Waals surface area (Å²) < 4.78 is 104. The molecule has 0 aliphatic heterocycles. The fraction of sp³-hybridized carbons (Fsp3) is 0. The van der Waals surface area contributed by atoms with E-state index in [2.05, 4.69) is 0 Å². The first kappa shape index (κ1) is 32.1. The van der Waals surface area contributed by atoms with Crippen LogP contribution in [0.4, 0.5) is 0 Å². The molecule has 96 valence electrons. The summed E-state index contributed by atoms with van der Waals surface area (Å²) in [6, 6.07) is 0. The molecule has 0 amide bonds. The van der Waals surface area contributed by atoms with Gasteiger partial charge in [-0.2, -0.15) is 0 Å². The van der Waals surface area contributed by atoms with Crippen LogP contribution in [0.5, 0.6) is 0 Å². The van der Waals surface area contributed by atoms with Gasteiger partial charge >= 0.3 is 164 Å². The Kier molecular flexibility index (Phi) is 26.4. The summed E-state index contributed by atoms with van der Waals surface area (Å²) in [4.78, 5) is 0. The van der Waals surface area contributed by atoms with Crippen molar-refractivity contribution in [2.24, 2.45) is 0 Å². The summed E-state index contributed by atoms with van der Waals surface area (Å²) in [6.45, 7) is 0. The van der Waals surface area contributed by atoms with Crippen LogP contribution in [-0.2, 0) is 70.6 Å². The first-order valence-electron chi connectivity index (χ1n) is 2.00. The molecule has 12 nitrogen and oxygen atoms in total. The molecular weight excluding hydrogens is 1020 g/mol. The first-order valence-corrected chi connectivity index (χ1v) is 16.4. The zero-order valence-electron chi connectivity index (χ0n) is 7.28. The molecule has 0 aromatic rings. The summed E-state index contributed by atoms with van der Waals surface area (Å²) in [5.74, 6) is 0. The predicted molar refractivity (Wildman–Crippen MR) is 4.12 cm³/mol. The summed E-state index contributed by atoms with van der Waals surface area (Å²) in [5.41, 5.74) is 0. The van der Waals surface area contributed by atoms with Gasteiger partial charge in [0, 0.05) is 0 Å². The summed E-state index contributed by atoms with van der Waals surface area (Å²) in [7, 11) is 0. The monoisotopic (exact) mass is 1020 g/mol. The molecule has 0 aromatic carbocycles. The SMILES string of the molecule is [La+3].[La+3].[O]=[W](=[O])([O-])[O-].[O]=[W](=[O])([O-])[O-].[O]=[W](=[O])([O-])[O-]. The van der Waals surface area contributed by atoms with E-state index in [0.717, 1.165) is 0 Å². The Bertz CT molecular complexity index is 341. The summed E-state index contributed by atoms with van der Waals surface area (Å²) in [6.07, 6.45) is 0. The molecule has 0 heterocycles. The molecule has 0 fully saturated rings. The van der Waals surface area contributed by atoms with Crippen molar-refractivity contribution in [3.63, 3.8) is 0 Å². The van der Waals surface area contributed by atoms with Crippen LogP contribution in [0.2, 0.25) is 0 Å². The van der Waals surface area contributed by atoms with Crippen LogP contribution in [0.3, 0.4) is 0 Å². The van der Waals surface area contributed by atoms with E-state index in [9.17, 15) is 0 Å². The van der Waals surface area contributed by atoms with Gasteiger partial charge in [0.05, 0.1) is 0 Å². The van der Waals surface area contributed by atoms with Gasteiger partial charge in [-0.05, 0) is 0 Å². The zero-order chi connectivity index (χ0) is 13.5. The van der Waals surface area contributed by atoms with E-state index in [4.69, 9.17) is 42.9 Å². The van der Waals surface area contributed by atoms with E-state index in [1.165, 1.54) is 0 Å². The van der Waals surface area contributed by atoms with Gasteiger partial charge in [0.25, 0.3) is 0 Å². The normalized spacial score (nSPS) is 10.2. The molecule has 0 aliphatic rings. The van der Waals surface area contributed by atoms with Crippen molar-refractivity contribution in [1.29, 1.82) is 0 Å². The van der Waals surface area contributed by atoms with Crippen molar-refractivity contribution in [2.75, 3.05) is 0 Å². The van der Waals surface area contributed by atoms with Crippen LogP contribution in [-0.4, -0.2) is 0 Å². The van der Waals surface area contributed by atoms with Gasteiger partial charge < -0.3 is 0 Å². The van der Waals surface area contributed by atoms with Crippen LogP contribution in [0, 0.1) is 71.2 Å². The van der Waals surface area contributed by atoms with Gasteiger partial charge in [-0.1, -0.05) is 0 Å². The zero-order valence-corrected chi connectivity index (χ0v) is 23.3. The number of hydrogen-bond acceptors (Lipinski definition) is 12. The fourth-order valence-electron chi connectivity index (χ4n) is 0. The topological polar surface area (TPSA) is 241 Å². The van der Waals surface area contributed by atoms with E-state index in [0.29, 0.717) is 0 Å². The van der Waals surface area contributed by atoms with Gasteiger partial charge in [0.2, 0.25) is 0 Å². The van der Waals surface area contributed by atoms with Gasteiger partial charge in [0.15, 0.2) is 0 Å². The molecule has 0 aromatic heterocycles. The molecule has 0 bridgehead atoms. The Morgan fingerprint density at radius 2 is 0.412 bits per heavy atom. The van der Waals surface area contributed by atoms with E-state index in [1.807, 2.05) is 0 Å². The van der Waals surface area contributed by atoms with Crippen LogP contribution < -0.4 is 22.6 Å². The molecule has 0 rings (SSSR count). The van der Waals surface area contributed by atoms with Crippen molar-refractivity contribution in [1.82, 2.24) is 0 Å². The third kappa shape index (κ3) is 606. The molecule has 0 aliphatic carbocycles. The average Bonchev–Trinajstić information content (AvgIpc) is 1.41. The Balaban J connectivity index is -0.0000000400. The molecular formula is La2O12W3. The molecule has 0 saturated carbocycles. The first-order chi connectivity index (χ1) is 6.00. The van der Waals surface area contributed by atoms with Crippen molar-refractivity contribution in [2.45, 2.75) is 0 Å². The summed E-state index contributed by atoms with van der Waals surface area (Å²) in [5, 5.41) is 0. The molecule has 0 N–H and O–H groups in total. The molecule has 0 unspecified atom stereocenters. The maximum atomic E-state index is 8.65. The standard InChI is InChI=1S/2La.12O.3W/q2*+3;;;;;;;6*-1;;;. The van der Waals surface area contributed by atoms with E-state index < -0.39 is 50.2 Å². The molecule has 17 heteroatoms. The van der Waals surface area contributed by atoms with Crippen LogP contribution in [0.1, 0.15) is 0 Å². The second kappa shape index (κ2) is 14.0. The van der Waals surface area contributed by atoms with Crippen molar-refractivity contribution >= 4 is 0 Å². The van der Waals surface area contributed by atoms with Crippen molar-refractivity contribution < 1.29 is 164 Å². The quantitative estimate of drug-likeness (QED) is 0.220. The van der Waals surface area contributed by atoms with E-state index in [-0.39, 0.29) is 71.2 Å². The Labute approximate surface area is 161 Å². The van der Waals surface area contributed by atoms with E-state index in [1.54, 1.807) is 0 Å². The number of rotatable bonds is 0. The van der Waals surface area contributed by atoms with Gasteiger partial charge in [-0.25, -0.2) is 0 Å².